The van der Waals surface area contributed by atoms with E-state index in [-0.39, 0.29) is 0 Å². The van der Waals surface area contributed by atoms with Gasteiger partial charge in [0.2, 0.25) is 0 Å². The highest BCUT2D eigenvalue weighted by molar-refractivity contribution is 7.99. The zero-order valence-corrected chi connectivity index (χ0v) is 19.6. The molecule has 3 nitrogen and oxygen atoms in total. The van der Waals surface area contributed by atoms with Gasteiger partial charge < -0.3 is 13.7 Å². The third-order valence-corrected chi connectivity index (χ3v) is 7.02. The summed E-state index contributed by atoms with van der Waals surface area (Å²) in [6, 6.07) is 24.9. The summed E-state index contributed by atoms with van der Waals surface area (Å²) in [4.78, 5) is 3.52. The molecule has 0 atom stereocenters. The average molecular weight is 450 g/mol. The van der Waals surface area contributed by atoms with Gasteiger partial charge in [0, 0.05) is 14.7 Å². The summed E-state index contributed by atoms with van der Waals surface area (Å²) in [5.41, 5.74) is 2.96. The molecule has 0 N–H and O–H groups in total. The molecule has 30 heavy (non-hydrogen) atoms. The number of hydrogen-bond acceptors (Lipinski definition) is 6. The monoisotopic (exact) mass is 450 g/mol. The summed E-state index contributed by atoms with van der Waals surface area (Å²) in [7, 11) is -1.55. The van der Waals surface area contributed by atoms with Crippen LogP contribution in [0.4, 0.5) is 0 Å². The maximum Gasteiger partial charge on any atom is 0.467 e. The van der Waals surface area contributed by atoms with Gasteiger partial charge in [-0.3, -0.25) is 0 Å². The molecule has 1 heterocycles. The SMILES string of the molecule is CSc1cccc(B2OB(c3cccc(SC)c3)OB(c3cccc(SC)c3)O2)c1. The Labute approximate surface area is 192 Å². The topological polar surface area (TPSA) is 27.7 Å². The lowest BCUT2D eigenvalue weighted by atomic mass is 9.61. The Morgan fingerprint density at radius 1 is 0.500 bits per heavy atom. The molecule has 0 spiro atoms. The molecule has 1 aliphatic heterocycles. The Hall–Kier alpha value is -1.22. The Bertz CT molecular complexity index is 875. The Morgan fingerprint density at radius 3 is 1.07 bits per heavy atom. The van der Waals surface area contributed by atoms with Crippen LogP contribution in [0.25, 0.3) is 0 Å². The van der Waals surface area contributed by atoms with E-state index in [1.54, 1.807) is 35.3 Å². The smallest absolute Gasteiger partial charge is 0.445 e. The zero-order valence-electron chi connectivity index (χ0n) is 17.1. The van der Waals surface area contributed by atoms with Gasteiger partial charge in [0.05, 0.1) is 0 Å². The van der Waals surface area contributed by atoms with E-state index in [9.17, 15) is 0 Å². The molecule has 1 saturated heterocycles. The summed E-state index contributed by atoms with van der Waals surface area (Å²) in [5.74, 6) is 0. The van der Waals surface area contributed by atoms with Crippen molar-refractivity contribution < 1.29 is 13.7 Å². The first-order valence-electron chi connectivity index (χ1n) is 9.58. The molecule has 1 fully saturated rings. The van der Waals surface area contributed by atoms with Gasteiger partial charge in [0.15, 0.2) is 0 Å². The van der Waals surface area contributed by atoms with Crippen LogP contribution in [-0.2, 0) is 13.7 Å². The largest absolute Gasteiger partial charge is 0.467 e. The molecule has 0 bridgehead atoms. The fourth-order valence-electron chi connectivity index (χ4n) is 3.27. The molecule has 3 aromatic carbocycles. The van der Waals surface area contributed by atoms with Crippen molar-refractivity contribution in [3.8, 4) is 0 Å². The first-order valence-corrected chi connectivity index (χ1v) is 13.3. The molecule has 0 unspecified atom stereocenters. The van der Waals surface area contributed by atoms with E-state index in [2.05, 4.69) is 55.2 Å². The summed E-state index contributed by atoms with van der Waals surface area (Å²) in [6.45, 7) is 0. The third kappa shape index (κ3) is 5.15. The highest BCUT2D eigenvalue weighted by Gasteiger charge is 2.43. The minimum Gasteiger partial charge on any atom is -0.445 e. The maximum absolute atomic E-state index is 6.30. The molecule has 4 rings (SSSR count). The molecule has 3 aromatic rings. The predicted octanol–water partition coefficient (Wildman–Crippen LogP) is 3.40. The minimum absolute atomic E-state index is 0.517. The van der Waals surface area contributed by atoms with Gasteiger partial charge in [-0.1, -0.05) is 36.4 Å². The second-order valence-electron chi connectivity index (χ2n) is 6.73. The van der Waals surface area contributed by atoms with E-state index >= 15 is 0 Å². The summed E-state index contributed by atoms with van der Waals surface area (Å²) >= 11 is 5.11. The van der Waals surface area contributed by atoms with Crippen LogP contribution in [0, 0.1) is 0 Å². The summed E-state index contributed by atoms with van der Waals surface area (Å²) in [6.07, 6.45) is 6.20. The van der Waals surface area contributed by atoms with Gasteiger partial charge in [-0.05, 0) is 71.6 Å². The Kier molecular flexibility index (Phi) is 7.62. The molecular formula is C21H21B3O3S3. The third-order valence-electron chi connectivity index (χ3n) is 4.84. The lowest BCUT2D eigenvalue weighted by Crippen LogP contribution is -2.61. The molecule has 0 aliphatic carbocycles. The maximum atomic E-state index is 6.30. The molecule has 150 valence electrons. The number of benzene rings is 3. The Balaban J connectivity index is 1.69. The second kappa shape index (κ2) is 10.4. The van der Waals surface area contributed by atoms with Crippen molar-refractivity contribution in [3.05, 3.63) is 72.8 Å². The first-order chi connectivity index (χ1) is 14.7. The quantitative estimate of drug-likeness (QED) is 0.423. The van der Waals surface area contributed by atoms with Crippen LogP contribution < -0.4 is 16.4 Å². The van der Waals surface area contributed by atoms with E-state index in [1.165, 1.54) is 14.7 Å². The Morgan fingerprint density at radius 2 is 0.800 bits per heavy atom. The summed E-state index contributed by atoms with van der Waals surface area (Å²) in [5, 5.41) is 0. The lowest BCUT2D eigenvalue weighted by molar-refractivity contribution is 0.308. The van der Waals surface area contributed by atoms with Gasteiger partial charge in [-0.15, -0.1) is 35.3 Å². The fourth-order valence-corrected chi connectivity index (χ4v) is 4.67. The standard InChI is InChI=1S/C21H21B3O3S3/c1-28-19-10-4-7-16(13-19)22-25-23(17-8-5-11-20(14-17)29-2)27-24(26-22)18-9-6-12-21(15-18)30-3/h4-15H,1-3H3. The van der Waals surface area contributed by atoms with Crippen LogP contribution in [0.15, 0.2) is 87.5 Å². The van der Waals surface area contributed by atoms with Crippen LogP contribution in [0.2, 0.25) is 0 Å². The molecule has 9 heteroatoms. The van der Waals surface area contributed by atoms with Crippen molar-refractivity contribution in [2.45, 2.75) is 14.7 Å². The van der Waals surface area contributed by atoms with Crippen molar-refractivity contribution >= 4 is 73.0 Å². The van der Waals surface area contributed by atoms with Crippen LogP contribution in [0.5, 0.6) is 0 Å². The van der Waals surface area contributed by atoms with Crippen LogP contribution in [0.1, 0.15) is 0 Å². The predicted molar refractivity (Wildman–Crippen MR) is 134 cm³/mol. The molecule has 0 amide bonds. The highest BCUT2D eigenvalue weighted by atomic mass is 32.2. The normalized spacial score (nSPS) is 14.3. The molecule has 0 aromatic heterocycles. The average Bonchev–Trinajstić information content (AvgIpc) is 2.83. The first kappa shape index (κ1) is 22.0. The van der Waals surface area contributed by atoms with Gasteiger partial charge in [0.25, 0.3) is 0 Å². The minimum atomic E-state index is -0.517. The van der Waals surface area contributed by atoms with E-state index in [0.717, 1.165) is 16.4 Å². The molecule has 1 aliphatic rings. The number of hydrogen-bond donors (Lipinski definition) is 0. The second-order valence-corrected chi connectivity index (χ2v) is 9.37. The van der Waals surface area contributed by atoms with Gasteiger partial charge in [0.1, 0.15) is 0 Å². The van der Waals surface area contributed by atoms with E-state index in [1.807, 2.05) is 36.4 Å². The molecule has 0 saturated carbocycles. The van der Waals surface area contributed by atoms with E-state index < -0.39 is 21.4 Å². The number of thioether (sulfide) groups is 3. The summed E-state index contributed by atoms with van der Waals surface area (Å²) < 4.78 is 18.9. The van der Waals surface area contributed by atoms with Crippen molar-refractivity contribution in [3.63, 3.8) is 0 Å². The van der Waals surface area contributed by atoms with Crippen LogP contribution in [0.3, 0.4) is 0 Å². The van der Waals surface area contributed by atoms with Crippen molar-refractivity contribution in [1.29, 1.82) is 0 Å². The number of rotatable bonds is 6. The van der Waals surface area contributed by atoms with E-state index in [0.29, 0.717) is 0 Å². The molecular weight excluding hydrogens is 429 g/mol. The van der Waals surface area contributed by atoms with Gasteiger partial charge >= 0.3 is 21.4 Å². The highest BCUT2D eigenvalue weighted by Crippen LogP contribution is 2.18. The lowest BCUT2D eigenvalue weighted by Gasteiger charge is -2.32. The van der Waals surface area contributed by atoms with Crippen molar-refractivity contribution in [2.24, 2.45) is 0 Å². The van der Waals surface area contributed by atoms with Crippen LogP contribution >= 0.6 is 35.3 Å². The zero-order chi connectivity index (χ0) is 20.9. The van der Waals surface area contributed by atoms with Gasteiger partial charge in [-0.25, -0.2) is 0 Å². The van der Waals surface area contributed by atoms with Crippen molar-refractivity contribution in [1.82, 2.24) is 0 Å². The van der Waals surface area contributed by atoms with Gasteiger partial charge in [-0.2, -0.15) is 0 Å². The van der Waals surface area contributed by atoms with Crippen molar-refractivity contribution in [2.75, 3.05) is 18.8 Å². The van der Waals surface area contributed by atoms with Crippen LogP contribution in [-0.4, -0.2) is 40.1 Å². The van der Waals surface area contributed by atoms with E-state index in [4.69, 9.17) is 13.7 Å². The molecule has 0 radical (unpaired) electrons. The fraction of sp³-hybridized carbons (Fsp3) is 0.143.